The molecule has 0 aliphatic rings. The highest BCUT2D eigenvalue weighted by molar-refractivity contribution is 5.65. The first-order valence-corrected chi connectivity index (χ1v) is 4.32. The second-order valence-corrected chi connectivity index (χ2v) is 3.00. The number of phenols is 1. The molecule has 0 bridgehead atoms. The number of rotatable bonds is 1. The summed E-state index contributed by atoms with van der Waals surface area (Å²) in [5.74, 6) is -0.884. The van der Waals surface area contributed by atoms with Gasteiger partial charge in [-0.3, -0.25) is 0 Å². The van der Waals surface area contributed by atoms with Crippen LogP contribution in [0.5, 0.6) is 5.75 Å². The van der Waals surface area contributed by atoms with Crippen molar-refractivity contribution in [2.45, 2.75) is 0 Å². The Morgan fingerprint density at radius 2 is 1.57 bits per heavy atom. The van der Waals surface area contributed by atoms with Gasteiger partial charge in [-0.05, 0) is 11.6 Å². The molecule has 2 rings (SSSR count). The van der Waals surface area contributed by atoms with Crippen molar-refractivity contribution in [3.8, 4) is 16.9 Å². The summed E-state index contributed by atoms with van der Waals surface area (Å²) in [4.78, 5) is 0. The third-order valence-corrected chi connectivity index (χ3v) is 2.06. The van der Waals surface area contributed by atoms with Gasteiger partial charge in [0.25, 0.3) is 0 Å². The van der Waals surface area contributed by atoms with Crippen LogP contribution in [-0.4, -0.2) is 5.11 Å². The zero-order valence-corrected chi connectivity index (χ0v) is 7.44. The third-order valence-electron chi connectivity index (χ3n) is 2.06. The van der Waals surface area contributed by atoms with E-state index in [1.165, 1.54) is 6.07 Å². The molecule has 2 heteroatoms. The zero-order chi connectivity index (χ0) is 9.97. The van der Waals surface area contributed by atoms with Crippen molar-refractivity contribution in [1.82, 2.24) is 0 Å². The lowest BCUT2D eigenvalue weighted by molar-refractivity contribution is 0.433. The summed E-state index contributed by atoms with van der Waals surface area (Å²) >= 11 is 0. The summed E-state index contributed by atoms with van der Waals surface area (Å²) in [6.45, 7) is 0. The van der Waals surface area contributed by atoms with Gasteiger partial charge in [-0.2, -0.15) is 0 Å². The molecule has 0 radical (unpaired) electrons. The van der Waals surface area contributed by atoms with Crippen molar-refractivity contribution in [3.63, 3.8) is 0 Å². The van der Waals surface area contributed by atoms with Crippen LogP contribution < -0.4 is 0 Å². The Morgan fingerprint density at radius 3 is 2.29 bits per heavy atom. The first-order valence-electron chi connectivity index (χ1n) is 4.32. The molecule has 0 unspecified atom stereocenters. The lowest BCUT2D eigenvalue weighted by Gasteiger charge is -2.03. The summed E-state index contributed by atoms with van der Waals surface area (Å²) in [6, 6.07) is 13.7. The second-order valence-electron chi connectivity index (χ2n) is 3.00. The summed E-state index contributed by atoms with van der Waals surface area (Å²) in [5, 5.41) is 9.19. The number of phenolic OH excluding ortho intramolecular Hbond substituents is 1. The molecule has 0 saturated carbocycles. The molecule has 0 heterocycles. The maximum atomic E-state index is 13.4. The number of halogens is 1. The van der Waals surface area contributed by atoms with Crippen molar-refractivity contribution < 1.29 is 9.50 Å². The highest BCUT2D eigenvalue weighted by Gasteiger charge is 2.07. The van der Waals surface area contributed by atoms with Crippen molar-refractivity contribution in [3.05, 3.63) is 54.3 Å². The Hall–Kier alpha value is -1.83. The van der Waals surface area contributed by atoms with Crippen LogP contribution in [0.4, 0.5) is 4.39 Å². The number of benzene rings is 2. The number of aromatic hydroxyl groups is 1. The van der Waals surface area contributed by atoms with E-state index in [2.05, 4.69) is 0 Å². The fourth-order valence-electron chi connectivity index (χ4n) is 1.36. The largest absolute Gasteiger partial charge is 0.505 e. The van der Waals surface area contributed by atoms with Crippen LogP contribution >= 0.6 is 0 Å². The van der Waals surface area contributed by atoms with Crippen LogP contribution in [0.25, 0.3) is 11.1 Å². The van der Waals surface area contributed by atoms with Crippen molar-refractivity contribution in [2.24, 2.45) is 0 Å². The molecule has 0 fully saturated rings. The minimum absolute atomic E-state index is 0.314. The Kier molecular flexibility index (Phi) is 2.19. The van der Waals surface area contributed by atoms with Gasteiger partial charge in [-0.1, -0.05) is 42.5 Å². The van der Waals surface area contributed by atoms with Crippen LogP contribution in [0.1, 0.15) is 0 Å². The Labute approximate surface area is 81.4 Å². The van der Waals surface area contributed by atoms with Gasteiger partial charge < -0.3 is 5.11 Å². The highest BCUT2D eigenvalue weighted by atomic mass is 19.1. The molecule has 1 nitrogen and oxygen atoms in total. The molecule has 0 spiro atoms. The smallest absolute Gasteiger partial charge is 0.172 e. The SMILES string of the molecule is Oc1cccc(-c2ccccc2)c1F. The van der Waals surface area contributed by atoms with Gasteiger partial charge in [0.2, 0.25) is 0 Å². The topological polar surface area (TPSA) is 20.2 Å². The van der Waals surface area contributed by atoms with E-state index in [9.17, 15) is 9.50 Å². The predicted molar refractivity (Wildman–Crippen MR) is 53.5 cm³/mol. The number of hydrogen-bond acceptors (Lipinski definition) is 1. The maximum Gasteiger partial charge on any atom is 0.172 e. The van der Waals surface area contributed by atoms with E-state index in [0.29, 0.717) is 5.56 Å². The van der Waals surface area contributed by atoms with E-state index < -0.39 is 5.82 Å². The standard InChI is InChI=1S/C12H9FO/c13-12-10(7-4-8-11(12)14)9-5-2-1-3-6-9/h1-8,14H. The van der Waals surface area contributed by atoms with Gasteiger partial charge in [0.15, 0.2) is 11.6 Å². The number of hydrogen-bond donors (Lipinski definition) is 1. The van der Waals surface area contributed by atoms with Gasteiger partial charge in [-0.15, -0.1) is 0 Å². The zero-order valence-electron chi connectivity index (χ0n) is 7.44. The van der Waals surface area contributed by atoms with Gasteiger partial charge >= 0.3 is 0 Å². The van der Waals surface area contributed by atoms with Crippen molar-refractivity contribution >= 4 is 0 Å². The fourth-order valence-corrected chi connectivity index (χ4v) is 1.36. The van der Waals surface area contributed by atoms with Crippen LogP contribution in [0, 0.1) is 5.82 Å². The molecule has 0 aliphatic carbocycles. The summed E-state index contributed by atoms with van der Waals surface area (Å²) in [5.41, 5.74) is 1.19. The summed E-state index contributed by atoms with van der Waals surface area (Å²) < 4.78 is 13.4. The quantitative estimate of drug-likeness (QED) is 0.728. The minimum atomic E-state index is -0.571. The second kappa shape index (κ2) is 3.50. The monoisotopic (exact) mass is 188 g/mol. The molecule has 70 valence electrons. The normalized spacial score (nSPS) is 10.1. The van der Waals surface area contributed by atoms with Crippen molar-refractivity contribution in [1.29, 1.82) is 0 Å². The average molecular weight is 188 g/mol. The lowest BCUT2D eigenvalue weighted by Crippen LogP contribution is -1.83. The molecule has 0 saturated heterocycles. The molecule has 0 aromatic heterocycles. The molecule has 2 aromatic rings. The lowest BCUT2D eigenvalue weighted by atomic mass is 10.1. The Balaban J connectivity index is 2.58. The highest BCUT2D eigenvalue weighted by Crippen LogP contribution is 2.27. The van der Waals surface area contributed by atoms with Gasteiger partial charge in [0.05, 0.1) is 0 Å². The van der Waals surface area contributed by atoms with Gasteiger partial charge in [0.1, 0.15) is 0 Å². The van der Waals surface area contributed by atoms with Gasteiger partial charge in [0, 0.05) is 5.56 Å². The molecule has 2 aromatic carbocycles. The fraction of sp³-hybridized carbons (Fsp3) is 0. The van der Waals surface area contributed by atoms with E-state index in [1.807, 2.05) is 18.2 Å². The molecule has 1 N–H and O–H groups in total. The van der Waals surface area contributed by atoms with E-state index in [-0.39, 0.29) is 5.75 Å². The van der Waals surface area contributed by atoms with Crippen LogP contribution in [0.3, 0.4) is 0 Å². The molecule has 0 amide bonds. The first-order chi connectivity index (χ1) is 6.79. The van der Waals surface area contributed by atoms with E-state index >= 15 is 0 Å². The van der Waals surface area contributed by atoms with E-state index in [4.69, 9.17) is 0 Å². The van der Waals surface area contributed by atoms with Crippen LogP contribution in [-0.2, 0) is 0 Å². The van der Waals surface area contributed by atoms with Gasteiger partial charge in [-0.25, -0.2) is 4.39 Å². The Morgan fingerprint density at radius 1 is 0.857 bits per heavy atom. The minimum Gasteiger partial charge on any atom is -0.505 e. The van der Waals surface area contributed by atoms with Crippen molar-refractivity contribution in [2.75, 3.05) is 0 Å². The molecule has 0 atom stereocenters. The maximum absolute atomic E-state index is 13.4. The average Bonchev–Trinajstić information content (AvgIpc) is 2.23. The molecule has 14 heavy (non-hydrogen) atoms. The molecular weight excluding hydrogens is 179 g/mol. The molecule has 0 aliphatic heterocycles. The van der Waals surface area contributed by atoms with Crippen LogP contribution in [0.2, 0.25) is 0 Å². The summed E-state index contributed by atoms with van der Waals surface area (Å²) in [6.07, 6.45) is 0. The van der Waals surface area contributed by atoms with E-state index in [1.54, 1.807) is 24.3 Å². The summed E-state index contributed by atoms with van der Waals surface area (Å²) in [7, 11) is 0. The van der Waals surface area contributed by atoms with Crippen LogP contribution in [0.15, 0.2) is 48.5 Å². The third kappa shape index (κ3) is 1.46. The first kappa shape index (κ1) is 8.75. The predicted octanol–water partition coefficient (Wildman–Crippen LogP) is 3.20. The Bertz CT molecular complexity index is 437. The molecular formula is C12H9FO. The van der Waals surface area contributed by atoms with E-state index in [0.717, 1.165) is 5.56 Å².